The molecule has 0 aliphatic carbocycles. The first kappa shape index (κ1) is 9.14. The molecular weight excluding hydrogens is 220 g/mol. The lowest BCUT2D eigenvalue weighted by molar-refractivity contribution is 1.29. The summed E-state index contributed by atoms with van der Waals surface area (Å²) in [7, 11) is 0. The quantitative estimate of drug-likeness (QED) is 0.718. The van der Waals surface area contributed by atoms with Crippen LogP contribution in [0.25, 0.3) is 0 Å². The fourth-order valence-corrected chi connectivity index (χ4v) is 2.12. The third kappa shape index (κ3) is 2.53. The minimum absolute atomic E-state index is 0.962. The number of hydrogen-bond acceptors (Lipinski definition) is 1. The van der Waals surface area contributed by atoms with Crippen molar-refractivity contribution in [3.05, 3.63) is 35.4 Å². The molecule has 0 amide bonds. The summed E-state index contributed by atoms with van der Waals surface area (Å²) < 4.78 is 0. The Morgan fingerprint density at radius 3 is 2.45 bits per heavy atom. The molecule has 0 bridgehead atoms. The topological polar surface area (TPSA) is 0 Å². The Morgan fingerprint density at radius 2 is 1.91 bits per heavy atom. The van der Waals surface area contributed by atoms with Crippen LogP contribution in [-0.2, 0) is 11.1 Å². The summed E-state index contributed by atoms with van der Waals surface area (Å²) >= 11 is 5.33. The molecule has 11 heavy (non-hydrogen) atoms. The minimum atomic E-state index is 0.962. The maximum atomic E-state index is 3.47. The van der Waals surface area contributed by atoms with Crippen molar-refractivity contribution in [3.8, 4) is 0 Å². The lowest BCUT2D eigenvalue weighted by Crippen LogP contribution is -1.87. The molecule has 0 saturated heterocycles. The van der Waals surface area contributed by atoms with Crippen molar-refractivity contribution in [2.75, 3.05) is 6.26 Å². The summed E-state index contributed by atoms with van der Waals surface area (Å²) in [5.74, 6) is 1.11. The van der Waals surface area contributed by atoms with Gasteiger partial charge in [-0.3, -0.25) is 0 Å². The van der Waals surface area contributed by atoms with Crippen LogP contribution in [0, 0.1) is 0 Å². The molecule has 0 radical (unpaired) electrons. The number of alkyl halides is 1. The maximum absolute atomic E-state index is 3.47. The monoisotopic (exact) mass is 230 g/mol. The first-order valence-corrected chi connectivity index (χ1v) is 6.01. The van der Waals surface area contributed by atoms with Gasteiger partial charge in [-0.25, -0.2) is 0 Å². The van der Waals surface area contributed by atoms with Gasteiger partial charge in [-0.2, -0.15) is 11.8 Å². The zero-order chi connectivity index (χ0) is 8.10. The maximum Gasteiger partial charge on any atom is 0.0286 e. The van der Waals surface area contributed by atoms with Crippen molar-refractivity contribution in [3.63, 3.8) is 0 Å². The molecular formula is C9H11BrS. The van der Waals surface area contributed by atoms with E-state index in [-0.39, 0.29) is 0 Å². The van der Waals surface area contributed by atoms with Gasteiger partial charge < -0.3 is 0 Å². The highest BCUT2D eigenvalue weighted by Gasteiger charge is 1.97. The first-order valence-electron chi connectivity index (χ1n) is 3.50. The van der Waals surface area contributed by atoms with Crippen LogP contribution >= 0.6 is 27.7 Å². The SMILES string of the molecule is CSCc1ccccc1CBr. The van der Waals surface area contributed by atoms with Gasteiger partial charge in [-0.15, -0.1) is 0 Å². The molecule has 1 rings (SSSR count). The fourth-order valence-electron chi connectivity index (χ4n) is 0.984. The van der Waals surface area contributed by atoms with Crippen molar-refractivity contribution in [1.29, 1.82) is 0 Å². The molecule has 1 aromatic rings. The highest BCUT2D eigenvalue weighted by molar-refractivity contribution is 9.08. The summed E-state index contributed by atoms with van der Waals surface area (Å²) in [5.41, 5.74) is 2.85. The van der Waals surface area contributed by atoms with E-state index in [2.05, 4.69) is 46.5 Å². The Labute approximate surface area is 80.5 Å². The van der Waals surface area contributed by atoms with Crippen molar-refractivity contribution in [2.45, 2.75) is 11.1 Å². The van der Waals surface area contributed by atoms with Crippen LogP contribution in [0.4, 0.5) is 0 Å². The third-order valence-corrected chi connectivity index (χ3v) is 2.77. The number of hydrogen-bond donors (Lipinski definition) is 0. The van der Waals surface area contributed by atoms with Crippen molar-refractivity contribution < 1.29 is 0 Å². The largest absolute Gasteiger partial charge is 0.161 e. The molecule has 0 N–H and O–H groups in total. The number of benzene rings is 1. The van der Waals surface area contributed by atoms with Crippen LogP contribution in [0.3, 0.4) is 0 Å². The van der Waals surface area contributed by atoms with E-state index >= 15 is 0 Å². The van der Waals surface area contributed by atoms with Crippen molar-refractivity contribution >= 4 is 27.7 Å². The second kappa shape index (κ2) is 4.83. The van der Waals surface area contributed by atoms with Gasteiger partial charge in [-0.1, -0.05) is 40.2 Å². The first-order chi connectivity index (χ1) is 5.38. The van der Waals surface area contributed by atoms with Crippen LogP contribution in [-0.4, -0.2) is 6.26 Å². The third-order valence-electron chi connectivity index (χ3n) is 1.56. The Morgan fingerprint density at radius 1 is 1.27 bits per heavy atom. The average molecular weight is 231 g/mol. The molecule has 0 aromatic heterocycles. The van der Waals surface area contributed by atoms with Crippen LogP contribution in [0.15, 0.2) is 24.3 Å². The van der Waals surface area contributed by atoms with Gasteiger partial charge in [-0.05, 0) is 17.4 Å². The molecule has 0 saturated carbocycles. The number of halogens is 1. The van der Waals surface area contributed by atoms with Gasteiger partial charge in [0.1, 0.15) is 0 Å². The van der Waals surface area contributed by atoms with E-state index in [0.29, 0.717) is 0 Å². The molecule has 0 aliphatic heterocycles. The van der Waals surface area contributed by atoms with Gasteiger partial charge >= 0.3 is 0 Å². The van der Waals surface area contributed by atoms with Crippen molar-refractivity contribution in [1.82, 2.24) is 0 Å². The predicted molar refractivity (Wildman–Crippen MR) is 56.3 cm³/mol. The summed E-state index contributed by atoms with van der Waals surface area (Å²) in [4.78, 5) is 0. The van der Waals surface area contributed by atoms with Crippen LogP contribution in [0.2, 0.25) is 0 Å². The van der Waals surface area contributed by atoms with E-state index in [9.17, 15) is 0 Å². The van der Waals surface area contributed by atoms with Crippen LogP contribution < -0.4 is 0 Å². The molecule has 60 valence electrons. The molecule has 0 unspecified atom stereocenters. The van der Waals surface area contributed by atoms with E-state index in [1.165, 1.54) is 11.1 Å². The Balaban J connectivity index is 2.83. The molecule has 0 atom stereocenters. The minimum Gasteiger partial charge on any atom is -0.161 e. The standard InChI is InChI=1S/C9H11BrS/c1-11-7-9-5-3-2-4-8(9)6-10/h2-5H,6-7H2,1H3. The lowest BCUT2D eigenvalue weighted by Gasteiger charge is -2.03. The second-order valence-electron chi connectivity index (χ2n) is 2.34. The molecule has 0 nitrogen and oxygen atoms in total. The fraction of sp³-hybridized carbons (Fsp3) is 0.333. The van der Waals surface area contributed by atoms with Crippen LogP contribution in [0.5, 0.6) is 0 Å². The zero-order valence-corrected chi connectivity index (χ0v) is 8.91. The van der Waals surface area contributed by atoms with E-state index in [1.54, 1.807) is 0 Å². The summed E-state index contributed by atoms with van der Waals surface area (Å²) in [6.07, 6.45) is 2.13. The van der Waals surface area contributed by atoms with Gasteiger partial charge in [0, 0.05) is 11.1 Å². The van der Waals surface area contributed by atoms with E-state index in [4.69, 9.17) is 0 Å². The second-order valence-corrected chi connectivity index (χ2v) is 3.76. The number of thioether (sulfide) groups is 1. The molecule has 0 fully saturated rings. The molecule has 2 heteroatoms. The highest BCUT2D eigenvalue weighted by Crippen LogP contribution is 2.16. The Bertz CT molecular complexity index is 223. The summed E-state index contributed by atoms with van der Waals surface area (Å²) in [6.45, 7) is 0. The van der Waals surface area contributed by atoms with Gasteiger partial charge in [0.2, 0.25) is 0 Å². The Kier molecular flexibility index (Phi) is 4.02. The predicted octanol–water partition coefficient (Wildman–Crippen LogP) is 3.44. The lowest BCUT2D eigenvalue weighted by atomic mass is 10.1. The van der Waals surface area contributed by atoms with Crippen molar-refractivity contribution in [2.24, 2.45) is 0 Å². The van der Waals surface area contributed by atoms with Gasteiger partial charge in [0.15, 0.2) is 0 Å². The molecule has 0 spiro atoms. The highest BCUT2D eigenvalue weighted by atomic mass is 79.9. The average Bonchev–Trinajstić information content (AvgIpc) is 2.06. The summed E-state index contributed by atoms with van der Waals surface area (Å²) in [5, 5.41) is 0.962. The van der Waals surface area contributed by atoms with Crippen LogP contribution in [0.1, 0.15) is 11.1 Å². The van der Waals surface area contributed by atoms with E-state index < -0.39 is 0 Å². The van der Waals surface area contributed by atoms with Gasteiger partial charge in [0.25, 0.3) is 0 Å². The normalized spacial score (nSPS) is 10.0. The van der Waals surface area contributed by atoms with E-state index in [1.807, 2.05) is 11.8 Å². The molecule has 1 aromatic carbocycles. The van der Waals surface area contributed by atoms with E-state index in [0.717, 1.165) is 11.1 Å². The molecule has 0 heterocycles. The number of rotatable bonds is 3. The Hall–Kier alpha value is 0.0500. The smallest absolute Gasteiger partial charge is 0.0286 e. The zero-order valence-electron chi connectivity index (χ0n) is 6.51. The molecule has 0 aliphatic rings. The summed E-state index contributed by atoms with van der Waals surface area (Å²) in [6, 6.07) is 8.53. The van der Waals surface area contributed by atoms with Gasteiger partial charge in [0.05, 0.1) is 0 Å².